The molecule has 0 heterocycles. The Hall–Kier alpha value is 0.000649. The molecule has 5 nitrogen and oxygen atoms in total. The van der Waals surface area contributed by atoms with Crippen LogP contribution in [0.4, 0.5) is 0 Å². The van der Waals surface area contributed by atoms with Crippen molar-refractivity contribution in [1.29, 1.82) is 0 Å². The molecule has 0 fully saturated rings. The number of carbonyl (C=O) groups excluding carboxylic acids is 1. The predicted octanol–water partition coefficient (Wildman–Crippen LogP) is 4.25. The van der Waals surface area contributed by atoms with Crippen LogP contribution < -0.4 is 0 Å². The standard InChI is InChI=1S/C15H36O5Si3/c1-11-13(2)15(16)18-14(3)17-12-22(7,8)20-23(9,10)19-21(4,5)6/h13-14H,11-12H2,1-10H3. The van der Waals surface area contributed by atoms with Gasteiger partial charge < -0.3 is 17.7 Å². The zero-order chi connectivity index (χ0) is 18.5. The van der Waals surface area contributed by atoms with E-state index in [1.54, 1.807) is 6.92 Å². The third-order valence-corrected chi connectivity index (χ3v) is 12.5. The van der Waals surface area contributed by atoms with Gasteiger partial charge in [-0.25, -0.2) is 0 Å². The summed E-state index contributed by atoms with van der Waals surface area (Å²) in [5.41, 5.74) is 0. The molecule has 0 N–H and O–H groups in total. The lowest BCUT2D eigenvalue weighted by Gasteiger charge is -2.37. The highest BCUT2D eigenvalue weighted by Crippen LogP contribution is 2.21. The average molecular weight is 381 g/mol. The molecular weight excluding hydrogens is 344 g/mol. The molecule has 0 spiro atoms. The first-order valence-corrected chi connectivity index (χ1v) is 17.7. The van der Waals surface area contributed by atoms with Crippen molar-refractivity contribution in [2.45, 2.75) is 79.3 Å². The molecular formula is C15H36O5Si3. The van der Waals surface area contributed by atoms with Crippen LogP contribution in [0.15, 0.2) is 0 Å². The van der Waals surface area contributed by atoms with Gasteiger partial charge in [0.15, 0.2) is 14.6 Å². The van der Waals surface area contributed by atoms with Crippen LogP contribution in [-0.2, 0) is 22.5 Å². The van der Waals surface area contributed by atoms with Crippen molar-refractivity contribution in [2.75, 3.05) is 6.23 Å². The molecule has 2 atom stereocenters. The minimum absolute atomic E-state index is 0.0981. The molecule has 0 aliphatic carbocycles. The number of hydrogen-bond acceptors (Lipinski definition) is 5. The molecule has 0 aromatic rings. The van der Waals surface area contributed by atoms with Gasteiger partial charge in [-0.3, -0.25) is 4.79 Å². The maximum absolute atomic E-state index is 11.8. The maximum Gasteiger partial charge on any atom is 0.311 e. The van der Waals surface area contributed by atoms with E-state index in [1.165, 1.54) is 0 Å². The van der Waals surface area contributed by atoms with Crippen molar-refractivity contribution in [1.82, 2.24) is 0 Å². The highest BCUT2D eigenvalue weighted by atomic mass is 28.5. The van der Waals surface area contributed by atoms with Crippen LogP contribution in [0.1, 0.15) is 27.2 Å². The molecule has 138 valence electrons. The number of rotatable bonds is 10. The van der Waals surface area contributed by atoms with Crippen LogP contribution in [0.3, 0.4) is 0 Å². The number of esters is 1. The molecule has 0 aliphatic rings. The van der Waals surface area contributed by atoms with E-state index >= 15 is 0 Å². The molecule has 23 heavy (non-hydrogen) atoms. The predicted molar refractivity (Wildman–Crippen MR) is 101 cm³/mol. The topological polar surface area (TPSA) is 54.0 Å². The summed E-state index contributed by atoms with van der Waals surface area (Å²) in [7, 11) is -5.84. The lowest BCUT2D eigenvalue weighted by atomic mass is 10.1. The van der Waals surface area contributed by atoms with Crippen LogP contribution in [0.2, 0.25) is 45.8 Å². The molecule has 0 bridgehead atoms. The fraction of sp³-hybridized carbons (Fsp3) is 0.933. The van der Waals surface area contributed by atoms with Gasteiger partial charge in [-0.15, -0.1) is 0 Å². The van der Waals surface area contributed by atoms with E-state index in [9.17, 15) is 4.79 Å². The fourth-order valence-electron chi connectivity index (χ4n) is 2.25. The second kappa shape index (κ2) is 8.91. The van der Waals surface area contributed by atoms with E-state index in [0.29, 0.717) is 6.23 Å². The van der Waals surface area contributed by atoms with Crippen LogP contribution >= 0.6 is 0 Å². The van der Waals surface area contributed by atoms with Gasteiger partial charge in [0.05, 0.1) is 12.1 Å². The number of ether oxygens (including phenoxy) is 2. The SMILES string of the molecule is CCC(C)C(=O)OC(C)OC[Si](C)(C)O[Si](C)(C)O[Si](C)(C)C. The maximum atomic E-state index is 11.8. The second-order valence-electron chi connectivity index (χ2n) is 8.10. The smallest absolute Gasteiger partial charge is 0.311 e. The number of carbonyl (C=O) groups is 1. The molecule has 0 aliphatic heterocycles. The van der Waals surface area contributed by atoms with Crippen molar-refractivity contribution in [3.05, 3.63) is 0 Å². The van der Waals surface area contributed by atoms with Gasteiger partial charge in [-0.1, -0.05) is 13.8 Å². The van der Waals surface area contributed by atoms with Crippen LogP contribution in [0.25, 0.3) is 0 Å². The van der Waals surface area contributed by atoms with Crippen molar-refractivity contribution in [2.24, 2.45) is 5.92 Å². The third-order valence-electron chi connectivity index (χ3n) is 3.04. The molecule has 0 aromatic heterocycles. The highest BCUT2D eigenvalue weighted by molar-refractivity contribution is 6.87. The summed E-state index contributed by atoms with van der Waals surface area (Å²) in [4.78, 5) is 11.8. The Morgan fingerprint density at radius 3 is 1.91 bits per heavy atom. The minimum atomic E-state index is -2.17. The lowest BCUT2D eigenvalue weighted by Crippen LogP contribution is -2.53. The van der Waals surface area contributed by atoms with Gasteiger partial charge >= 0.3 is 14.5 Å². The summed E-state index contributed by atoms with van der Waals surface area (Å²) in [6, 6.07) is 0. The van der Waals surface area contributed by atoms with Gasteiger partial charge in [0.1, 0.15) is 0 Å². The van der Waals surface area contributed by atoms with Crippen molar-refractivity contribution < 1.29 is 22.5 Å². The third kappa shape index (κ3) is 11.2. The van der Waals surface area contributed by atoms with Crippen LogP contribution in [0.5, 0.6) is 0 Å². The van der Waals surface area contributed by atoms with E-state index < -0.39 is 31.5 Å². The summed E-state index contributed by atoms with van der Waals surface area (Å²) in [5.74, 6) is -0.309. The molecule has 0 aromatic carbocycles. The highest BCUT2D eigenvalue weighted by Gasteiger charge is 2.38. The second-order valence-corrected chi connectivity index (χ2v) is 20.6. The van der Waals surface area contributed by atoms with Gasteiger partial charge in [-0.2, -0.15) is 0 Å². The van der Waals surface area contributed by atoms with Crippen molar-refractivity contribution in [3.63, 3.8) is 0 Å². The lowest BCUT2D eigenvalue weighted by molar-refractivity contribution is -0.176. The first-order valence-electron chi connectivity index (χ1n) is 8.40. The molecule has 2 unspecified atom stereocenters. The van der Waals surface area contributed by atoms with Gasteiger partial charge in [0, 0.05) is 0 Å². The van der Waals surface area contributed by atoms with Gasteiger partial charge in [0.2, 0.25) is 8.32 Å². The Morgan fingerprint density at radius 2 is 1.48 bits per heavy atom. The minimum Gasteiger partial charge on any atom is -0.437 e. The molecule has 0 amide bonds. The first-order chi connectivity index (χ1) is 10.2. The molecule has 8 heteroatoms. The fourth-order valence-corrected chi connectivity index (χ4v) is 14.9. The zero-order valence-electron chi connectivity index (χ0n) is 16.6. The zero-order valence-corrected chi connectivity index (χ0v) is 19.6. The monoisotopic (exact) mass is 380 g/mol. The quantitative estimate of drug-likeness (QED) is 0.322. The normalized spacial score (nSPS) is 16.1. The van der Waals surface area contributed by atoms with Crippen LogP contribution in [-0.4, -0.2) is 43.7 Å². The first kappa shape index (κ1) is 23.0. The van der Waals surface area contributed by atoms with Crippen molar-refractivity contribution >= 4 is 31.2 Å². The summed E-state index contributed by atoms with van der Waals surface area (Å²) in [6.45, 7) is 20.5. The van der Waals surface area contributed by atoms with E-state index in [2.05, 4.69) is 45.8 Å². The van der Waals surface area contributed by atoms with Gasteiger partial charge in [-0.05, 0) is 59.2 Å². The molecule has 0 saturated carbocycles. The summed E-state index contributed by atoms with van der Waals surface area (Å²) in [6.07, 6.45) is 0.699. The van der Waals surface area contributed by atoms with Gasteiger partial charge in [0.25, 0.3) is 0 Å². The van der Waals surface area contributed by atoms with E-state index in [0.717, 1.165) is 6.42 Å². The molecule has 0 rings (SSSR count). The van der Waals surface area contributed by atoms with E-state index in [1.807, 2.05) is 13.8 Å². The Bertz CT molecular complexity index is 380. The van der Waals surface area contributed by atoms with Crippen LogP contribution in [0, 0.1) is 5.92 Å². The summed E-state index contributed by atoms with van der Waals surface area (Å²) in [5, 5.41) is 0. The Balaban J connectivity index is 4.44. The Kier molecular flexibility index (Phi) is 8.91. The molecule has 0 radical (unpaired) electrons. The Morgan fingerprint density at radius 1 is 0.957 bits per heavy atom. The molecule has 0 saturated heterocycles. The number of hydrogen-bond donors (Lipinski definition) is 0. The van der Waals surface area contributed by atoms with E-state index in [-0.39, 0.29) is 11.9 Å². The van der Waals surface area contributed by atoms with Crippen molar-refractivity contribution in [3.8, 4) is 0 Å². The Labute approximate surface area is 145 Å². The average Bonchev–Trinajstić information content (AvgIpc) is 2.30. The largest absolute Gasteiger partial charge is 0.437 e. The summed E-state index contributed by atoms with van der Waals surface area (Å²) < 4.78 is 23.6. The summed E-state index contributed by atoms with van der Waals surface area (Å²) >= 11 is 0. The van der Waals surface area contributed by atoms with E-state index in [4.69, 9.17) is 17.7 Å².